The Kier molecular flexibility index (Phi) is 7.46. The summed E-state index contributed by atoms with van der Waals surface area (Å²) in [6.45, 7) is 1.09. The number of hydrogen-bond donors (Lipinski definition) is 2. The molecule has 10 heteroatoms. The number of rotatable bonds is 6. The molecule has 2 amide bonds. The molecule has 132 valence electrons. The van der Waals surface area contributed by atoms with E-state index < -0.39 is 10.8 Å². The van der Waals surface area contributed by atoms with E-state index in [2.05, 4.69) is 0 Å². The lowest BCUT2D eigenvalue weighted by Gasteiger charge is -2.23. The minimum Gasteiger partial charge on any atom is -0.366 e. The number of nitrogens with zero attached hydrogens (tertiary/aromatic N) is 2. The van der Waals surface area contributed by atoms with Crippen molar-refractivity contribution in [3.63, 3.8) is 0 Å². The van der Waals surface area contributed by atoms with Gasteiger partial charge in [0.2, 0.25) is 11.8 Å². The molecule has 1 fully saturated rings. The number of carbonyl (C=O) groups excluding carboxylic acids is 2. The number of benzene rings is 1. The molecule has 8 nitrogen and oxygen atoms in total. The van der Waals surface area contributed by atoms with Crippen LogP contribution in [0.5, 0.6) is 0 Å². The van der Waals surface area contributed by atoms with Crippen LogP contribution in [0.1, 0.15) is 23.2 Å². The summed E-state index contributed by atoms with van der Waals surface area (Å²) in [4.78, 5) is 36.0. The molecule has 1 unspecified atom stereocenters. The first-order chi connectivity index (χ1) is 10.9. The summed E-state index contributed by atoms with van der Waals surface area (Å²) in [5, 5.41) is 11.1. The topological polar surface area (TPSA) is 133 Å². The van der Waals surface area contributed by atoms with E-state index in [1.54, 1.807) is 4.90 Å². The first kappa shape index (κ1) is 20.2. The van der Waals surface area contributed by atoms with E-state index >= 15 is 0 Å². The van der Waals surface area contributed by atoms with Crippen molar-refractivity contribution < 1.29 is 14.5 Å². The number of nitrogens with two attached hydrogens (primary N) is 2. The Morgan fingerprint density at radius 1 is 1.42 bits per heavy atom. The Labute approximate surface area is 149 Å². The van der Waals surface area contributed by atoms with Crippen molar-refractivity contribution >= 4 is 41.7 Å². The minimum atomic E-state index is -0.733. The lowest BCUT2D eigenvalue weighted by molar-refractivity contribution is -0.387. The second-order valence-corrected chi connectivity index (χ2v) is 6.23. The van der Waals surface area contributed by atoms with Crippen molar-refractivity contribution in [2.75, 3.05) is 18.8 Å². The molecule has 1 aromatic carbocycles. The Balaban J connectivity index is 0.00000288. The second-order valence-electron chi connectivity index (χ2n) is 5.21. The van der Waals surface area contributed by atoms with Gasteiger partial charge in [0.1, 0.15) is 0 Å². The molecule has 1 atom stereocenters. The fraction of sp³-hybridized carbons (Fsp3) is 0.429. The molecule has 1 aromatic rings. The van der Waals surface area contributed by atoms with Crippen molar-refractivity contribution in [3.05, 3.63) is 33.9 Å². The van der Waals surface area contributed by atoms with E-state index in [9.17, 15) is 19.7 Å². The average Bonchev–Trinajstić information content (AvgIpc) is 3.00. The highest BCUT2D eigenvalue weighted by Gasteiger charge is 2.28. The molecule has 24 heavy (non-hydrogen) atoms. The molecule has 1 saturated heterocycles. The highest BCUT2D eigenvalue weighted by Crippen LogP contribution is 2.31. The van der Waals surface area contributed by atoms with Crippen LogP contribution in [0.15, 0.2) is 23.1 Å². The monoisotopic (exact) mass is 374 g/mol. The number of thioether (sulfide) groups is 1. The van der Waals surface area contributed by atoms with Crippen LogP contribution in [0.25, 0.3) is 0 Å². The minimum absolute atomic E-state index is 0. The third-order valence-corrected chi connectivity index (χ3v) is 4.81. The van der Waals surface area contributed by atoms with Crippen molar-refractivity contribution in [2.24, 2.45) is 11.5 Å². The van der Waals surface area contributed by atoms with Crippen LogP contribution < -0.4 is 11.5 Å². The zero-order valence-electron chi connectivity index (χ0n) is 12.8. The van der Waals surface area contributed by atoms with Crippen LogP contribution in [-0.4, -0.2) is 46.5 Å². The van der Waals surface area contributed by atoms with Crippen LogP contribution in [0.2, 0.25) is 0 Å². The Hall–Kier alpha value is -1.84. The van der Waals surface area contributed by atoms with Gasteiger partial charge in [-0.2, -0.15) is 0 Å². The molecule has 0 aromatic heterocycles. The number of nitro benzene ring substituents is 1. The van der Waals surface area contributed by atoms with Crippen LogP contribution >= 0.6 is 24.2 Å². The number of primary amides is 1. The van der Waals surface area contributed by atoms with Crippen molar-refractivity contribution in [1.29, 1.82) is 0 Å². The number of hydrogen-bond acceptors (Lipinski definition) is 6. The fourth-order valence-corrected chi connectivity index (χ4v) is 3.46. The highest BCUT2D eigenvalue weighted by atomic mass is 35.5. The van der Waals surface area contributed by atoms with Crippen LogP contribution in [0, 0.1) is 10.1 Å². The summed E-state index contributed by atoms with van der Waals surface area (Å²) in [6, 6.07) is 4.05. The van der Waals surface area contributed by atoms with Gasteiger partial charge in [0.05, 0.1) is 15.6 Å². The number of nitro groups is 1. The SMILES string of the molecule is Cl.NCC1CCCN1C(=O)CSc1ccc(C(N)=O)cc1[N+](=O)[O-]. The van der Waals surface area contributed by atoms with Gasteiger partial charge in [0.25, 0.3) is 5.69 Å². The van der Waals surface area contributed by atoms with Gasteiger partial charge in [-0.25, -0.2) is 0 Å². The molecular formula is C14H19ClN4O4S. The summed E-state index contributed by atoms with van der Waals surface area (Å²) in [5.41, 5.74) is 10.6. The average molecular weight is 375 g/mol. The molecule has 0 spiro atoms. The summed E-state index contributed by atoms with van der Waals surface area (Å²) >= 11 is 1.08. The van der Waals surface area contributed by atoms with Crippen molar-refractivity contribution in [3.8, 4) is 0 Å². The van der Waals surface area contributed by atoms with E-state index in [1.165, 1.54) is 12.1 Å². The third-order valence-electron chi connectivity index (χ3n) is 3.76. The molecule has 2 rings (SSSR count). The molecule has 1 aliphatic heterocycles. The van der Waals surface area contributed by atoms with Crippen molar-refractivity contribution in [2.45, 2.75) is 23.8 Å². The fourth-order valence-electron chi connectivity index (χ4n) is 2.57. The number of carbonyl (C=O) groups is 2. The van der Waals surface area contributed by atoms with Crippen molar-refractivity contribution in [1.82, 2.24) is 4.90 Å². The molecule has 0 saturated carbocycles. The van der Waals surface area contributed by atoms with Gasteiger partial charge in [-0.05, 0) is 25.0 Å². The van der Waals surface area contributed by atoms with Gasteiger partial charge in [0, 0.05) is 30.8 Å². The van der Waals surface area contributed by atoms with Crippen LogP contribution in [0.4, 0.5) is 5.69 Å². The van der Waals surface area contributed by atoms with E-state index in [4.69, 9.17) is 11.5 Å². The molecule has 4 N–H and O–H groups in total. The normalized spacial score (nSPS) is 16.5. The zero-order chi connectivity index (χ0) is 17.0. The van der Waals surface area contributed by atoms with E-state index in [-0.39, 0.29) is 41.4 Å². The Morgan fingerprint density at radius 3 is 2.71 bits per heavy atom. The number of halogens is 1. The maximum Gasteiger partial charge on any atom is 0.283 e. The highest BCUT2D eigenvalue weighted by molar-refractivity contribution is 8.00. The summed E-state index contributed by atoms with van der Waals surface area (Å²) in [5.74, 6) is -0.729. The lowest BCUT2D eigenvalue weighted by atomic mass is 10.2. The Bertz CT molecular complexity index is 643. The first-order valence-electron chi connectivity index (χ1n) is 7.14. The molecule has 0 aliphatic carbocycles. The maximum atomic E-state index is 12.2. The van der Waals surface area contributed by atoms with Crippen LogP contribution in [-0.2, 0) is 4.79 Å². The predicted octanol–water partition coefficient (Wildman–Crippen LogP) is 1.16. The van der Waals surface area contributed by atoms with E-state index in [0.717, 1.165) is 30.7 Å². The maximum absolute atomic E-state index is 12.2. The number of likely N-dealkylation sites (tertiary alicyclic amines) is 1. The summed E-state index contributed by atoms with van der Waals surface area (Å²) in [6.07, 6.45) is 1.81. The zero-order valence-corrected chi connectivity index (χ0v) is 14.5. The van der Waals surface area contributed by atoms with Gasteiger partial charge in [-0.15, -0.1) is 24.2 Å². The summed E-state index contributed by atoms with van der Waals surface area (Å²) in [7, 11) is 0. The van der Waals surface area contributed by atoms with E-state index in [0.29, 0.717) is 18.0 Å². The molecule has 1 aliphatic rings. The lowest BCUT2D eigenvalue weighted by Crippen LogP contribution is -2.40. The van der Waals surface area contributed by atoms with Crippen LogP contribution in [0.3, 0.4) is 0 Å². The molecular weight excluding hydrogens is 356 g/mol. The second kappa shape index (κ2) is 8.86. The van der Waals surface area contributed by atoms with Gasteiger partial charge in [-0.1, -0.05) is 0 Å². The molecule has 1 heterocycles. The molecule has 0 bridgehead atoms. The Morgan fingerprint density at radius 2 is 2.12 bits per heavy atom. The van der Waals surface area contributed by atoms with Gasteiger partial charge in [-0.3, -0.25) is 19.7 Å². The number of amides is 2. The van der Waals surface area contributed by atoms with Gasteiger partial charge >= 0.3 is 0 Å². The van der Waals surface area contributed by atoms with Gasteiger partial charge in [0.15, 0.2) is 0 Å². The quantitative estimate of drug-likeness (QED) is 0.436. The van der Waals surface area contributed by atoms with E-state index in [1.807, 2.05) is 0 Å². The predicted molar refractivity (Wildman–Crippen MR) is 93.4 cm³/mol. The largest absolute Gasteiger partial charge is 0.366 e. The van der Waals surface area contributed by atoms with Gasteiger partial charge < -0.3 is 16.4 Å². The standard InChI is InChI=1S/C14H18N4O4S.ClH/c15-7-10-2-1-5-17(10)13(19)8-23-12-4-3-9(14(16)20)6-11(12)18(21)22;/h3-4,6,10H,1-2,5,7-8,15H2,(H2,16,20);1H. The third kappa shape index (κ3) is 4.59. The summed E-state index contributed by atoms with van der Waals surface area (Å²) < 4.78 is 0. The molecule has 0 radical (unpaired) electrons. The smallest absolute Gasteiger partial charge is 0.283 e. The first-order valence-corrected chi connectivity index (χ1v) is 8.13.